The van der Waals surface area contributed by atoms with Crippen molar-refractivity contribution in [2.24, 2.45) is 0 Å². The topological polar surface area (TPSA) is 0 Å². The zero-order valence-electron chi connectivity index (χ0n) is 4.86. The van der Waals surface area contributed by atoms with E-state index in [0.717, 1.165) is 12.0 Å². The molecule has 0 amide bonds. The van der Waals surface area contributed by atoms with Crippen molar-refractivity contribution in [3.63, 3.8) is 0 Å². The van der Waals surface area contributed by atoms with E-state index in [4.69, 9.17) is 0 Å². The largest absolute Gasteiger partial charge is 0.101 e. The molecule has 0 bridgehead atoms. The molecule has 0 unspecified atom stereocenters. The molecule has 0 fully saturated rings. The molecule has 0 heteroatoms. The molecule has 0 saturated carbocycles. The molecule has 0 N–H and O–H groups in total. The van der Waals surface area contributed by atoms with Crippen molar-refractivity contribution in [3.05, 3.63) is 23.8 Å². The van der Waals surface area contributed by atoms with Gasteiger partial charge in [-0.2, -0.15) is 0 Å². The highest BCUT2D eigenvalue weighted by Gasteiger charge is 1.89. The SMILES string of the molecule is CC#CC1=[C]CC=C1. The third-order valence-electron chi connectivity index (χ3n) is 0.955. The number of hydrogen-bond donors (Lipinski definition) is 0. The maximum Gasteiger partial charge on any atom is 0.0280 e. The number of allylic oxidation sites excluding steroid dienone is 4. The first-order valence-corrected chi connectivity index (χ1v) is 2.63. The Balaban J connectivity index is 2.68. The summed E-state index contributed by atoms with van der Waals surface area (Å²) in [4.78, 5) is 0. The molecule has 1 radical (unpaired) electrons. The van der Waals surface area contributed by atoms with Gasteiger partial charge in [-0.3, -0.25) is 0 Å². The fraction of sp³-hybridized carbons (Fsp3) is 0.250. The van der Waals surface area contributed by atoms with Gasteiger partial charge in [-0.25, -0.2) is 0 Å². The van der Waals surface area contributed by atoms with Crippen molar-refractivity contribution in [1.29, 1.82) is 0 Å². The van der Waals surface area contributed by atoms with E-state index in [9.17, 15) is 0 Å². The Kier molecular flexibility index (Phi) is 1.54. The fourth-order valence-corrected chi connectivity index (χ4v) is 0.625. The van der Waals surface area contributed by atoms with Crippen LogP contribution in [0.4, 0.5) is 0 Å². The van der Waals surface area contributed by atoms with Gasteiger partial charge in [0.05, 0.1) is 0 Å². The minimum atomic E-state index is 0.935. The molecule has 0 aliphatic heterocycles. The van der Waals surface area contributed by atoms with Crippen molar-refractivity contribution in [2.75, 3.05) is 0 Å². The minimum absolute atomic E-state index is 0.935. The Morgan fingerprint density at radius 3 is 3.12 bits per heavy atom. The quantitative estimate of drug-likeness (QED) is 0.409. The summed E-state index contributed by atoms with van der Waals surface area (Å²) in [5.41, 5.74) is 1.03. The van der Waals surface area contributed by atoms with E-state index in [2.05, 4.69) is 24.0 Å². The summed E-state index contributed by atoms with van der Waals surface area (Å²) >= 11 is 0. The molecule has 1 aliphatic rings. The van der Waals surface area contributed by atoms with E-state index in [1.165, 1.54) is 0 Å². The van der Waals surface area contributed by atoms with Crippen LogP contribution < -0.4 is 0 Å². The Labute approximate surface area is 49.9 Å². The van der Waals surface area contributed by atoms with Gasteiger partial charge in [-0.1, -0.05) is 12.0 Å². The lowest BCUT2D eigenvalue weighted by atomic mass is 10.3. The Bertz CT molecular complexity index is 184. The highest BCUT2D eigenvalue weighted by molar-refractivity contribution is 5.39. The Morgan fingerprint density at radius 2 is 2.62 bits per heavy atom. The molecule has 0 nitrogen and oxygen atoms in total. The molecule has 0 aromatic heterocycles. The molecule has 0 aromatic carbocycles. The summed E-state index contributed by atoms with van der Waals surface area (Å²) in [5, 5.41) is 0. The monoisotopic (exact) mass is 103 g/mol. The summed E-state index contributed by atoms with van der Waals surface area (Å²) in [6.45, 7) is 1.83. The van der Waals surface area contributed by atoms with Crippen LogP contribution in [-0.2, 0) is 0 Å². The molecule has 1 rings (SSSR count). The minimum Gasteiger partial charge on any atom is -0.101 e. The van der Waals surface area contributed by atoms with Crippen LogP contribution in [-0.4, -0.2) is 0 Å². The number of hydrogen-bond acceptors (Lipinski definition) is 0. The van der Waals surface area contributed by atoms with Gasteiger partial charge in [-0.05, 0) is 25.5 Å². The first kappa shape index (κ1) is 5.18. The Hall–Kier alpha value is -0.960. The van der Waals surface area contributed by atoms with Gasteiger partial charge in [0.25, 0.3) is 0 Å². The van der Waals surface area contributed by atoms with E-state index in [-0.39, 0.29) is 0 Å². The molecular formula is C8H7. The highest BCUT2D eigenvalue weighted by Crippen LogP contribution is 2.04. The van der Waals surface area contributed by atoms with Gasteiger partial charge in [0.1, 0.15) is 0 Å². The fourth-order valence-electron chi connectivity index (χ4n) is 0.625. The summed E-state index contributed by atoms with van der Waals surface area (Å²) < 4.78 is 0. The van der Waals surface area contributed by atoms with Crippen LogP contribution in [0.5, 0.6) is 0 Å². The van der Waals surface area contributed by atoms with Gasteiger partial charge in [0.2, 0.25) is 0 Å². The van der Waals surface area contributed by atoms with E-state index < -0.39 is 0 Å². The zero-order valence-corrected chi connectivity index (χ0v) is 4.86. The average Bonchev–Trinajstić information content (AvgIpc) is 2.19. The Morgan fingerprint density at radius 1 is 1.75 bits per heavy atom. The standard InChI is InChI=1S/C8H7/c1-2-5-8-6-3-4-7-8/h3,6H,4H2,1H3. The second-order valence-electron chi connectivity index (χ2n) is 1.57. The molecule has 0 aromatic rings. The van der Waals surface area contributed by atoms with Crippen LogP contribution in [0.25, 0.3) is 0 Å². The molecule has 0 spiro atoms. The second-order valence-corrected chi connectivity index (χ2v) is 1.57. The van der Waals surface area contributed by atoms with Crippen molar-refractivity contribution in [2.45, 2.75) is 13.3 Å². The average molecular weight is 103 g/mol. The molecule has 39 valence electrons. The van der Waals surface area contributed by atoms with Crippen molar-refractivity contribution < 1.29 is 0 Å². The lowest BCUT2D eigenvalue weighted by Crippen LogP contribution is -1.62. The molecular weight excluding hydrogens is 96.1 g/mol. The van der Waals surface area contributed by atoms with E-state index in [1.54, 1.807) is 0 Å². The van der Waals surface area contributed by atoms with Crippen molar-refractivity contribution in [3.8, 4) is 11.8 Å². The van der Waals surface area contributed by atoms with Gasteiger partial charge in [0, 0.05) is 5.57 Å². The predicted molar refractivity (Wildman–Crippen MR) is 34.0 cm³/mol. The molecule has 0 atom stereocenters. The zero-order chi connectivity index (χ0) is 5.82. The molecule has 1 aliphatic carbocycles. The molecule has 0 saturated heterocycles. The van der Waals surface area contributed by atoms with Gasteiger partial charge in [0.15, 0.2) is 0 Å². The lowest BCUT2D eigenvalue weighted by molar-refractivity contribution is 1.39. The first-order valence-electron chi connectivity index (χ1n) is 2.63. The van der Waals surface area contributed by atoms with Crippen LogP contribution in [0.2, 0.25) is 0 Å². The molecule has 8 heavy (non-hydrogen) atoms. The van der Waals surface area contributed by atoms with E-state index in [1.807, 2.05) is 13.0 Å². The number of rotatable bonds is 0. The summed E-state index contributed by atoms with van der Waals surface area (Å²) in [6, 6.07) is 0. The van der Waals surface area contributed by atoms with E-state index >= 15 is 0 Å². The van der Waals surface area contributed by atoms with Gasteiger partial charge in [-0.15, -0.1) is 5.92 Å². The predicted octanol–water partition coefficient (Wildman–Crippen LogP) is 1.70. The normalized spacial score (nSPS) is 14.9. The van der Waals surface area contributed by atoms with Crippen LogP contribution >= 0.6 is 0 Å². The maximum atomic E-state index is 3.09. The first-order chi connectivity index (χ1) is 3.93. The van der Waals surface area contributed by atoms with Crippen LogP contribution in [0.3, 0.4) is 0 Å². The van der Waals surface area contributed by atoms with E-state index in [0.29, 0.717) is 0 Å². The third kappa shape index (κ3) is 1.01. The highest BCUT2D eigenvalue weighted by atomic mass is 13.9. The maximum absolute atomic E-state index is 3.09. The van der Waals surface area contributed by atoms with Gasteiger partial charge < -0.3 is 0 Å². The smallest absolute Gasteiger partial charge is 0.0280 e. The summed E-state index contributed by atoms with van der Waals surface area (Å²) in [5.74, 6) is 5.72. The van der Waals surface area contributed by atoms with Crippen molar-refractivity contribution >= 4 is 0 Å². The summed E-state index contributed by atoms with van der Waals surface area (Å²) in [7, 11) is 0. The van der Waals surface area contributed by atoms with Crippen LogP contribution in [0.1, 0.15) is 13.3 Å². The van der Waals surface area contributed by atoms with Crippen LogP contribution in [0, 0.1) is 17.9 Å². The van der Waals surface area contributed by atoms with Crippen LogP contribution in [0.15, 0.2) is 17.7 Å². The third-order valence-corrected chi connectivity index (χ3v) is 0.955. The molecule has 0 heterocycles. The lowest BCUT2D eigenvalue weighted by Gasteiger charge is -1.74. The van der Waals surface area contributed by atoms with Gasteiger partial charge >= 0.3 is 0 Å². The summed E-state index contributed by atoms with van der Waals surface area (Å²) in [6.07, 6.45) is 8.08. The van der Waals surface area contributed by atoms with Crippen molar-refractivity contribution in [1.82, 2.24) is 0 Å². The second kappa shape index (κ2) is 2.37.